The average molecular weight is 534 g/mol. The van der Waals surface area contributed by atoms with Crippen LogP contribution in [0.15, 0.2) is 48.8 Å². The van der Waals surface area contributed by atoms with E-state index in [9.17, 15) is 34.8 Å². The number of aromatic nitrogens is 3. The van der Waals surface area contributed by atoms with Gasteiger partial charge in [0.15, 0.2) is 5.75 Å². The number of sulfonamides is 1. The molecule has 0 radical (unpaired) electrons. The van der Waals surface area contributed by atoms with Crippen molar-refractivity contribution in [2.45, 2.75) is 44.2 Å². The standard InChI is InChI=1S/C22H20F6N4O3S/c1-2-32-19(35-17-5-3-15(4-6-17)22(26,27)28)10-18(30-32)14-9-16(12-29-11-14)20(7-8-20)31-36(33,34)13-21(23,24)25/h3-6,9-12,31H,2,7-8,13H2,1H3. The van der Waals surface area contributed by atoms with Crippen molar-refractivity contribution in [2.75, 3.05) is 5.75 Å². The smallest absolute Gasteiger partial charge is 0.416 e. The van der Waals surface area contributed by atoms with Crippen LogP contribution >= 0.6 is 0 Å². The van der Waals surface area contributed by atoms with Crippen LogP contribution in [0.4, 0.5) is 26.3 Å². The van der Waals surface area contributed by atoms with Crippen LogP contribution in [-0.2, 0) is 28.3 Å². The van der Waals surface area contributed by atoms with E-state index in [0.717, 1.165) is 12.1 Å². The minimum absolute atomic E-state index is 0.159. The van der Waals surface area contributed by atoms with E-state index in [0.29, 0.717) is 36.2 Å². The molecule has 1 aliphatic carbocycles. The Bertz CT molecular complexity index is 1350. The Kier molecular flexibility index (Phi) is 6.54. The number of nitrogens with zero attached hydrogens (tertiary/aromatic N) is 3. The van der Waals surface area contributed by atoms with Gasteiger partial charge in [-0.3, -0.25) is 4.98 Å². The van der Waals surface area contributed by atoms with Crippen LogP contribution in [0.25, 0.3) is 11.3 Å². The van der Waals surface area contributed by atoms with Gasteiger partial charge in [0.1, 0.15) is 5.75 Å². The number of benzene rings is 1. The molecule has 0 amide bonds. The van der Waals surface area contributed by atoms with Gasteiger partial charge in [-0.2, -0.15) is 31.4 Å². The number of rotatable bonds is 8. The monoisotopic (exact) mass is 534 g/mol. The van der Waals surface area contributed by atoms with Crippen molar-refractivity contribution in [3.8, 4) is 22.9 Å². The summed E-state index contributed by atoms with van der Waals surface area (Å²) < 4.78 is 110. The largest absolute Gasteiger partial charge is 0.439 e. The second-order valence-electron chi connectivity index (χ2n) is 8.33. The fourth-order valence-electron chi connectivity index (χ4n) is 3.65. The highest BCUT2D eigenvalue weighted by atomic mass is 32.2. The van der Waals surface area contributed by atoms with Crippen LogP contribution in [0.5, 0.6) is 11.6 Å². The van der Waals surface area contributed by atoms with Gasteiger partial charge >= 0.3 is 12.4 Å². The molecule has 4 rings (SSSR count). The van der Waals surface area contributed by atoms with Crippen LogP contribution in [0.1, 0.15) is 30.9 Å². The fraction of sp³-hybridized carbons (Fsp3) is 0.364. The topological polar surface area (TPSA) is 86.1 Å². The highest BCUT2D eigenvalue weighted by Gasteiger charge is 2.49. The van der Waals surface area contributed by atoms with E-state index in [1.165, 1.54) is 35.3 Å². The molecule has 1 aromatic carbocycles. The quantitative estimate of drug-likeness (QED) is 0.399. The van der Waals surface area contributed by atoms with Crippen LogP contribution in [0.2, 0.25) is 0 Å². The highest BCUT2D eigenvalue weighted by Crippen LogP contribution is 2.47. The predicted molar refractivity (Wildman–Crippen MR) is 117 cm³/mol. The molecule has 0 unspecified atom stereocenters. The number of halogens is 6. The molecular formula is C22H20F6N4O3S. The van der Waals surface area contributed by atoms with Crippen molar-refractivity contribution in [3.05, 3.63) is 59.9 Å². The zero-order valence-corrected chi connectivity index (χ0v) is 19.5. The maximum Gasteiger partial charge on any atom is 0.416 e. The molecule has 0 bridgehead atoms. The second-order valence-corrected chi connectivity index (χ2v) is 10.1. The Morgan fingerprint density at radius 3 is 2.28 bits per heavy atom. The Hall–Kier alpha value is -3.13. The first kappa shape index (κ1) is 25.9. The van der Waals surface area contributed by atoms with Gasteiger partial charge in [0.2, 0.25) is 15.9 Å². The number of ether oxygens (including phenoxy) is 1. The molecule has 0 aliphatic heterocycles. The van der Waals surface area contributed by atoms with Gasteiger partial charge in [-0.25, -0.2) is 17.8 Å². The molecule has 194 valence electrons. The SMILES string of the molecule is CCn1nc(-c2cncc(C3(NS(=O)(=O)CC(F)(F)F)CC3)c2)cc1Oc1ccc(C(F)(F)F)cc1. The van der Waals surface area contributed by atoms with E-state index in [-0.39, 0.29) is 11.6 Å². The summed E-state index contributed by atoms with van der Waals surface area (Å²) in [6, 6.07) is 7.27. The first-order valence-electron chi connectivity index (χ1n) is 10.7. The van der Waals surface area contributed by atoms with E-state index in [1.807, 2.05) is 0 Å². The molecule has 0 spiro atoms. The van der Waals surface area contributed by atoms with Crippen molar-refractivity contribution in [2.24, 2.45) is 0 Å². The summed E-state index contributed by atoms with van der Waals surface area (Å²) in [7, 11) is -4.63. The Morgan fingerprint density at radius 2 is 1.72 bits per heavy atom. The fourth-order valence-corrected chi connectivity index (χ4v) is 5.07. The van der Waals surface area contributed by atoms with E-state index < -0.39 is 39.2 Å². The lowest BCUT2D eigenvalue weighted by molar-refractivity contribution is -0.137. The lowest BCUT2D eigenvalue weighted by atomic mass is 10.1. The van der Waals surface area contributed by atoms with E-state index in [1.54, 1.807) is 13.0 Å². The van der Waals surface area contributed by atoms with E-state index in [4.69, 9.17) is 4.74 Å². The van der Waals surface area contributed by atoms with Gasteiger partial charge in [0, 0.05) is 30.6 Å². The van der Waals surface area contributed by atoms with Crippen molar-refractivity contribution in [1.29, 1.82) is 0 Å². The lowest BCUT2D eigenvalue weighted by Gasteiger charge is -2.19. The minimum Gasteiger partial charge on any atom is -0.439 e. The number of aryl methyl sites for hydroxylation is 1. The zero-order valence-electron chi connectivity index (χ0n) is 18.7. The Labute approximate surface area is 202 Å². The third-order valence-corrected chi connectivity index (χ3v) is 6.90. The Balaban J connectivity index is 1.57. The summed E-state index contributed by atoms with van der Waals surface area (Å²) in [5, 5.41) is 4.40. The summed E-state index contributed by atoms with van der Waals surface area (Å²) in [5.74, 6) is -1.59. The maximum atomic E-state index is 12.8. The van der Waals surface area contributed by atoms with Gasteiger partial charge in [-0.05, 0) is 55.7 Å². The number of hydrogen-bond acceptors (Lipinski definition) is 5. The van der Waals surface area contributed by atoms with Gasteiger partial charge in [-0.1, -0.05) is 0 Å². The number of nitrogens with one attached hydrogen (secondary N) is 1. The van der Waals surface area contributed by atoms with Crippen molar-refractivity contribution < 1.29 is 39.5 Å². The summed E-state index contributed by atoms with van der Waals surface area (Å²) in [6.07, 6.45) is -5.91. The zero-order chi connectivity index (χ0) is 26.4. The third kappa shape index (κ3) is 5.98. The maximum absolute atomic E-state index is 12.8. The second kappa shape index (κ2) is 9.07. The average Bonchev–Trinajstić information content (AvgIpc) is 3.42. The molecule has 2 heterocycles. The highest BCUT2D eigenvalue weighted by molar-refractivity contribution is 7.89. The first-order chi connectivity index (χ1) is 16.7. The Morgan fingerprint density at radius 1 is 1.06 bits per heavy atom. The van der Waals surface area contributed by atoms with Crippen LogP contribution < -0.4 is 9.46 Å². The lowest BCUT2D eigenvalue weighted by Crippen LogP contribution is -2.40. The van der Waals surface area contributed by atoms with Crippen molar-refractivity contribution in [1.82, 2.24) is 19.5 Å². The molecule has 2 aromatic heterocycles. The molecule has 1 aliphatic rings. The van der Waals surface area contributed by atoms with E-state index >= 15 is 0 Å². The first-order valence-corrected chi connectivity index (χ1v) is 12.3. The van der Waals surface area contributed by atoms with Crippen molar-refractivity contribution >= 4 is 10.0 Å². The minimum atomic E-state index is -4.88. The summed E-state index contributed by atoms with van der Waals surface area (Å²) in [5.41, 5.74) is -0.774. The molecule has 14 heteroatoms. The van der Waals surface area contributed by atoms with Gasteiger partial charge in [0.05, 0.1) is 16.8 Å². The molecule has 1 N–H and O–H groups in total. The molecular weight excluding hydrogens is 514 g/mol. The van der Waals surface area contributed by atoms with E-state index in [2.05, 4.69) is 14.8 Å². The predicted octanol–water partition coefficient (Wildman–Crippen LogP) is 5.25. The third-order valence-electron chi connectivity index (χ3n) is 5.49. The molecule has 7 nitrogen and oxygen atoms in total. The van der Waals surface area contributed by atoms with Gasteiger partial charge in [0.25, 0.3) is 0 Å². The molecule has 0 atom stereocenters. The van der Waals surface area contributed by atoms with Crippen molar-refractivity contribution in [3.63, 3.8) is 0 Å². The van der Waals surface area contributed by atoms with Crippen LogP contribution in [-0.4, -0.2) is 35.1 Å². The van der Waals surface area contributed by atoms with Gasteiger partial charge < -0.3 is 4.74 Å². The van der Waals surface area contributed by atoms with Gasteiger partial charge in [-0.15, -0.1) is 0 Å². The van der Waals surface area contributed by atoms with Crippen LogP contribution in [0.3, 0.4) is 0 Å². The summed E-state index contributed by atoms with van der Waals surface area (Å²) in [4.78, 5) is 4.10. The van der Waals surface area contributed by atoms with Crippen LogP contribution in [0, 0.1) is 0 Å². The number of hydrogen-bond donors (Lipinski definition) is 1. The normalized spacial score (nSPS) is 15.6. The number of alkyl halides is 6. The summed E-state index contributed by atoms with van der Waals surface area (Å²) >= 11 is 0. The molecule has 3 aromatic rings. The number of pyridine rings is 1. The molecule has 1 saturated carbocycles. The summed E-state index contributed by atoms with van der Waals surface area (Å²) in [6.45, 7) is 2.14. The molecule has 0 saturated heterocycles. The molecule has 1 fully saturated rings. The molecule has 36 heavy (non-hydrogen) atoms.